The van der Waals surface area contributed by atoms with Gasteiger partial charge in [-0.2, -0.15) is 0 Å². The number of hydrogen-bond acceptors (Lipinski definition) is 3. The molecule has 2 aromatic rings. The Hall–Kier alpha value is -2.60. The molecule has 2 N–H and O–H groups in total. The zero-order valence-electron chi connectivity index (χ0n) is 17.2. The molecular formula is C23H27ClN4O2. The molecule has 0 spiro atoms. The quantitative estimate of drug-likeness (QED) is 0.729. The number of fused-ring (bicyclic) bond motifs is 1. The van der Waals surface area contributed by atoms with Crippen molar-refractivity contribution in [2.45, 2.75) is 38.3 Å². The highest BCUT2D eigenvalue weighted by molar-refractivity contribution is 6.30. The topological polar surface area (TPSA) is 74.3 Å². The van der Waals surface area contributed by atoms with E-state index in [0.29, 0.717) is 34.2 Å². The fourth-order valence-electron chi connectivity index (χ4n) is 4.86. The highest BCUT2D eigenvalue weighted by atomic mass is 35.5. The molecule has 3 amide bonds. The summed E-state index contributed by atoms with van der Waals surface area (Å²) in [6, 6.07) is 12.7. The number of pyridine rings is 1. The average molecular weight is 427 g/mol. The van der Waals surface area contributed by atoms with Crippen molar-refractivity contribution in [3.05, 3.63) is 59.2 Å². The molecule has 158 valence electrons. The number of nitrogens with one attached hydrogen (secondary N) is 2. The lowest BCUT2D eigenvalue weighted by Crippen LogP contribution is -2.44. The fourth-order valence-corrected chi connectivity index (χ4v) is 4.98. The molecule has 0 aliphatic heterocycles. The number of halogens is 1. The van der Waals surface area contributed by atoms with Gasteiger partial charge in [0.25, 0.3) is 5.91 Å². The third-order valence-electron chi connectivity index (χ3n) is 6.46. The van der Waals surface area contributed by atoms with E-state index >= 15 is 0 Å². The highest BCUT2D eigenvalue weighted by Gasteiger charge is 2.58. The van der Waals surface area contributed by atoms with Crippen LogP contribution in [0.3, 0.4) is 0 Å². The van der Waals surface area contributed by atoms with Gasteiger partial charge in [0.15, 0.2) is 0 Å². The van der Waals surface area contributed by atoms with Gasteiger partial charge in [0, 0.05) is 35.9 Å². The molecule has 1 aromatic heterocycles. The third-order valence-corrected chi connectivity index (χ3v) is 6.72. The Bertz CT molecular complexity index is 893. The Balaban J connectivity index is 1.28. The summed E-state index contributed by atoms with van der Waals surface area (Å²) in [5.41, 5.74) is 0.631. The number of nitrogens with zero attached hydrogens (tertiary/aromatic N) is 2. The Morgan fingerprint density at radius 2 is 1.87 bits per heavy atom. The smallest absolute Gasteiger partial charge is 0.323 e. The summed E-state index contributed by atoms with van der Waals surface area (Å²) in [5.74, 6) is 2.20. The van der Waals surface area contributed by atoms with E-state index in [0.717, 1.165) is 19.3 Å². The van der Waals surface area contributed by atoms with Crippen LogP contribution in [0.2, 0.25) is 5.02 Å². The third kappa shape index (κ3) is 4.29. The summed E-state index contributed by atoms with van der Waals surface area (Å²) in [6.07, 6.45) is 4.50. The lowest BCUT2D eigenvalue weighted by Gasteiger charge is -2.24. The molecule has 1 aromatic carbocycles. The van der Waals surface area contributed by atoms with Gasteiger partial charge in [0.1, 0.15) is 5.82 Å². The van der Waals surface area contributed by atoms with Crippen LogP contribution in [0.1, 0.15) is 36.5 Å². The second-order valence-corrected chi connectivity index (χ2v) is 8.70. The second kappa shape index (κ2) is 8.64. The first-order chi connectivity index (χ1) is 14.5. The van der Waals surface area contributed by atoms with Crippen LogP contribution in [0.25, 0.3) is 0 Å². The monoisotopic (exact) mass is 426 g/mol. The van der Waals surface area contributed by atoms with Crippen molar-refractivity contribution in [3.63, 3.8) is 0 Å². The molecule has 0 radical (unpaired) electrons. The van der Waals surface area contributed by atoms with E-state index in [4.69, 9.17) is 11.6 Å². The molecule has 30 heavy (non-hydrogen) atoms. The van der Waals surface area contributed by atoms with Gasteiger partial charge >= 0.3 is 6.03 Å². The van der Waals surface area contributed by atoms with E-state index in [9.17, 15) is 9.59 Å². The summed E-state index contributed by atoms with van der Waals surface area (Å²) >= 11 is 5.91. The first-order valence-electron chi connectivity index (χ1n) is 10.5. The molecule has 0 bridgehead atoms. The van der Waals surface area contributed by atoms with Crippen molar-refractivity contribution < 1.29 is 9.59 Å². The minimum atomic E-state index is -0.125. The van der Waals surface area contributed by atoms with Gasteiger partial charge in [-0.3, -0.25) is 9.69 Å². The molecule has 2 fully saturated rings. The summed E-state index contributed by atoms with van der Waals surface area (Å²) in [7, 11) is 1.73. The Kier molecular flexibility index (Phi) is 5.95. The van der Waals surface area contributed by atoms with Crippen LogP contribution in [-0.2, 0) is 0 Å². The molecule has 1 heterocycles. The Morgan fingerprint density at radius 3 is 2.47 bits per heavy atom. The number of benzene rings is 1. The summed E-state index contributed by atoms with van der Waals surface area (Å²) in [5, 5.41) is 6.96. The van der Waals surface area contributed by atoms with E-state index in [1.807, 2.05) is 18.2 Å². The number of urea groups is 1. The predicted octanol–water partition coefficient (Wildman–Crippen LogP) is 4.11. The van der Waals surface area contributed by atoms with Crippen LogP contribution in [-0.4, -0.2) is 36.1 Å². The molecule has 5 atom stereocenters. The van der Waals surface area contributed by atoms with Gasteiger partial charge < -0.3 is 10.6 Å². The van der Waals surface area contributed by atoms with E-state index < -0.39 is 0 Å². The standard InChI is InChI=1S/C23H27ClN4O2/c1-3-19(27-22(29)14-7-9-15(24)10-8-14)21-17-12-16(13-18(17)21)26-23(30)28(2)20-6-4-5-11-25-20/h4-11,16-19,21H,3,12-13H2,1-2H3,(H,26,30)(H,27,29)/t16?,17-,18+,19?,21?. The maximum absolute atomic E-state index is 12.6. The number of hydrogen-bond donors (Lipinski definition) is 2. The van der Waals surface area contributed by atoms with Gasteiger partial charge in [-0.1, -0.05) is 24.6 Å². The van der Waals surface area contributed by atoms with Gasteiger partial charge in [-0.15, -0.1) is 0 Å². The second-order valence-electron chi connectivity index (χ2n) is 8.26. The minimum absolute atomic E-state index is 0.0506. The number of amides is 3. The van der Waals surface area contributed by atoms with Crippen molar-refractivity contribution in [1.29, 1.82) is 0 Å². The Labute approximate surface area is 182 Å². The van der Waals surface area contributed by atoms with Crippen LogP contribution in [0.5, 0.6) is 0 Å². The maximum Gasteiger partial charge on any atom is 0.323 e. The molecule has 2 aliphatic rings. The minimum Gasteiger partial charge on any atom is -0.349 e. The van der Waals surface area contributed by atoms with Gasteiger partial charge in [-0.05, 0) is 73.4 Å². The number of rotatable bonds is 6. The lowest BCUT2D eigenvalue weighted by molar-refractivity contribution is 0.0927. The summed E-state index contributed by atoms with van der Waals surface area (Å²) in [6.45, 7) is 2.11. The fraction of sp³-hybridized carbons (Fsp3) is 0.435. The summed E-state index contributed by atoms with van der Waals surface area (Å²) < 4.78 is 0. The number of anilines is 1. The number of carbonyl (C=O) groups excluding carboxylic acids is 2. The van der Waals surface area contributed by atoms with Gasteiger partial charge in [0.05, 0.1) is 0 Å². The molecule has 4 rings (SSSR count). The lowest BCUT2D eigenvalue weighted by atomic mass is 9.99. The molecule has 3 unspecified atom stereocenters. The van der Waals surface area contributed by atoms with Gasteiger partial charge in [0.2, 0.25) is 0 Å². The van der Waals surface area contributed by atoms with Crippen LogP contribution >= 0.6 is 11.6 Å². The van der Waals surface area contributed by atoms with Gasteiger partial charge in [-0.25, -0.2) is 9.78 Å². The van der Waals surface area contributed by atoms with E-state index in [2.05, 4.69) is 22.5 Å². The zero-order valence-corrected chi connectivity index (χ0v) is 18.0. The van der Waals surface area contributed by atoms with Crippen molar-refractivity contribution in [2.24, 2.45) is 17.8 Å². The van der Waals surface area contributed by atoms with Crippen LogP contribution in [0, 0.1) is 17.8 Å². The van der Waals surface area contributed by atoms with E-state index in [1.54, 1.807) is 42.4 Å². The summed E-state index contributed by atoms with van der Waals surface area (Å²) in [4.78, 5) is 30.9. The number of aromatic nitrogens is 1. The van der Waals surface area contributed by atoms with Crippen molar-refractivity contribution in [2.75, 3.05) is 11.9 Å². The number of carbonyl (C=O) groups is 2. The highest BCUT2D eigenvalue weighted by Crippen LogP contribution is 2.59. The Morgan fingerprint density at radius 1 is 1.17 bits per heavy atom. The molecule has 0 saturated heterocycles. The molecule has 2 aliphatic carbocycles. The molecule has 2 saturated carbocycles. The molecule has 6 nitrogen and oxygen atoms in total. The predicted molar refractivity (Wildman–Crippen MR) is 118 cm³/mol. The maximum atomic E-state index is 12.6. The first kappa shape index (κ1) is 20.7. The average Bonchev–Trinajstić information content (AvgIpc) is 3.25. The van der Waals surface area contributed by atoms with Crippen LogP contribution in [0.4, 0.5) is 10.6 Å². The van der Waals surface area contributed by atoms with E-state index in [-0.39, 0.29) is 24.0 Å². The SMILES string of the molecule is CCC(NC(=O)c1ccc(Cl)cc1)C1[C@H]2CC(NC(=O)N(C)c3ccccn3)C[C@@H]12. The molecule has 7 heteroatoms. The van der Waals surface area contributed by atoms with Crippen molar-refractivity contribution in [3.8, 4) is 0 Å². The van der Waals surface area contributed by atoms with Crippen LogP contribution < -0.4 is 15.5 Å². The first-order valence-corrected chi connectivity index (χ1v) is 10.9. The van der Waals surface area contributed by atoms with Crippen molar-refractivity contribution >= 4 is 29.4 Å². The van der Waals surface area contributed by atoms with Crippen molar-refractivity contribution in [1.82, 2.24) is 15.6 Å². The zero-order chi connectivity index (χ0) is 21.3. The normalized spacial score (nSPS) is 25.2. The van der Waals surface area contributed by atoms with Crippen LogP contribution in [0.15, 0.2) is 48.7 Å². The molecular weight excluding hydrogens is 400 g/mol. The van der Waals surface area contributed by atoms with E-state index in [1.165, 1.54) is 0 Å². The largest absolute Gasteiger partial charge is 0.349 e.